The maximum atomic E-state index is 13.1. The molecule has 1 aromatic carbocycles. The van der Waals surface area contributed by atoms with Gasteiger partial charge in [-0.25, -0.2) is 0 Å². The second kappa shape index (κ2) is 17.1. The fraction of sp³-hybridized carbons (Fsp3) is 0.345. The van der Waals surface area contributed by atoms with Crippen molar-refractivity contribution in [2.75, 3.05) is 27.9 Å². The van der Waals surface area contributed by atoms with Crippen molar-refractivity contribution in [2.24, 2.45) is 9.98 Å². The van der Waals surface area contributed by atoms with Crippen molar-refractivity contribution >= 4 is 12.1 Å². The topological polar surface area (TPSA) is 106 Å². The number of aromatic nitrogens is 1. The highest BCUT2D eigenvalue weighted by molar-refractivity contribution is 6.00. The Bertz CT molecular complexity index is 1190. The molecule has 196 valence electrons. The number of aryl methyl sites for hydroxylation is 1. The number of pyridine rings is 1. The average Bonchev–Trinajstić information content (AvgIpc) is 2.92. The first kappa shape index (κ1) is 30.6. The third-order valence-corrected chi connectivity index (χ3v) is 5.22. The van der Waals surface area contributed by atoms with Crippen LogP contribution in [0, 0.1) is 25.2 Å². The zero-order valence-corrected chi connectivity index (χ0v) is 21.9. The molecule has 0 atom stereocenters. The van der Waals surface area contributed by atoms with Gasteiger partial charge in [-0.1, -0.05) is 25.3 Å². The lowest BCUT2D eigenvalue weighted by molar-refractivity contribution is 0.300. The minimum atomic E-state index is -0.479. The molecule has 2 rings (SSSR count). The first-order valence-electron chi connectivity index (χ1n) is 11.8. The average molecular weight is 506 g/mol. The second-order valence-electron chi connectivity index (χ2n) is 7.51. The molecule has 1 aromatic heterocycles. The Hall–Kier alpha value is -4.43. The Kier molecular flexibility index (Phi) is 14.1. The van der Waals surface area contributed by atoms with Crippen LogP contribution in [0.3, 0.4) is 0 Å². The van der Waals surface area contributed by atoms with Crippen LogP contribution in [0.1, 0.15) is 43.9 Å². The fourth-order valence-corrected chi connectivity index (χ4v) is 3.56. The maximum absolute atomic E-state index is 13.1. The van der Waals surface area contributed by atoms with Gasteiger partial charge < -0.3 is 24.3 Å². The summed E-state index contributed by atoms with van der Waals surface area (Å²) >= 11 is 0. The molecule has 0 unspecified atom stereocenters. The Balaban J connectivity index is 0.00000334. The van der Waals surface area contributed by atoms with Gasteiger partial charge in [0.1, 0.15) is 22.8 Å². The Morgan fingerprint density at radius 3 is 2.41 bits per heavy atom. The van der Waals surface area contributed by atoms with Crippen LogP contribution in [0.5, 0.6) is 17.2 Å². The first-order valence-corrected chi connectivity index (χ1v) is 11.8. The molecule has 2 aromatic rings. The number of aromatic amines is 1. The molecule has 0 saturated carbocycles. The van der Waals surface area contributed by atoms with Gasteiger partial charge in [0.2, 0.25) is 5.90 Å². The zero-order chi connectivity index (χ0) is 27.6. The second-order valence-corrected chi connectivity index (χ2v) is 7.51. The number of methoxy groups -OCH3 is 2. The summed E-state index contributed by atoms with van der Waals surface area (Å²) in [4.78, 5) is 24.2. The maximum Gasteiger partial charge on any atom is 0.264 e. The van der Waals surface area contributed by atoms with E-state index in [9.17, 15) is 9.90 Å². The number of aromatic hydroxyl groups is 1. The molecule has 0 aliphatic carbocycles. The minimum absolute atomic E-state index is 0.0404. The van der Waals surface area contributed by atoms with E-state index < -0.39 is 5.56 Å². The van der Waals surface area contributed by atoms with Crippen LogP contribution < -0.4 is 15.0 Å². The van der Waals surface area contributed by atoms with Crippen molar-refractivity contribution in [3.63, 3.8) is 0 Å². The SMILES string of the molecule is C#C.C#C/C=C\N=CCCCOC(=NC)c1c(O)c(-c2c(OC)cccc2OC)c(CCCC)[nH]c1=O. The number of hydrogen-bond acceptors (Lipinski definition) is 7. The molecule has 8 heteroatoms. The third kappa shape index (κ3) is 8.33. The summed E-state index contributed by atoms with van der Waals surface area (Å²) in [5, 5.41) is 11.4. The van der Waals surface area contributed by atoms with Crippen molar-refractivity contribution < 1.29 is 19.3 Å². The number of nitrogens with zero attached hydrogens (tertiary/aromatic N) is 2. The summed E-state index contributed by atoms with van der Waals surface area (Å²) in [5.41, 5.74) is 1.05. The molecular formula is C29H35N3O5. The fourth-order valence-electron chi connectivity index (χ4n) is 3.56. The van der Waals surface area contributed by atoms with E-state index in [-0.39, 0.29) is 23.8 Å². The molecule has 0 aliphatic heterocycles. The monoisotopic (exact) mass is 505 g/mol. The first-order chi connectivity index (χ1) is 18.0. The molecule has 0 bridgehead atoms. The predicted octanol–water partition coefficient (Wildman–Crippen LogP) is 4.75. The number of terminal acetylenes is 2. The van der Waals surface area contributed by atoms with E-state index in [4.69, 9.17) is 20.6 Å². The molecule has 2 N–H and O–H groups in total. The summed E-state index contributed by atoms with van der Waals surface area (Å²) in [6.45, 7) is 2.34. The summed E-state index contributed by atoms with van der Waals surface area (Å²) in [6, 6.07) is 5.35. The van der Waals surface area contributed by atoms with E-state index >= 15 is 0 Å². The normalized spacial score (nSPS) is 11.1. The highest BCUT2D eigenvalue weighted by Gasteiger charge is 2.26. The van der Waals surface area contributed by atoms with Crippen LogP contribution in [-0.2, 0) is 11.2 Å². The number of nitrogens with one attached hydrogen (secondary N) is 1. The van der Waals surface area contributed by atoms with Crippen LogP contribution in [-0.4, -0.2) is 50.1 Å². The van der Waals surface area contributed by atoms with E-state index in [2.05, 4.69) is 40.7 Å². The zero-order valence-electron chi connectivity index (χ0n) is 21.9. The molecule has 1 heterocycles. The van der Waals surface area contributed by atoms with E-state index in [0.717, 1.165) is 12.8 Å². The molecule has 0 aliphatic rings. The van der Waals surface area contributed by atoms with Gasteiger partial charge in [0.25, 0.3) is 5.56 Å². The highest BCUT2D eigenvalue weighted by atomic mass is 16.5. The van der Waals surface area contributed by atoms with E-state index in [1.165, 1.54) is 19.3 Å². The molecule has 0 spiro atoms. The molecule has 37 heavy (non-hydrogen) atoms. The van der Waals surface area contributed by atoms with Crippen LogP contribution in [0.2, 0.25) is 0 Å². The molecule has 0 amide bonds. The summed E-state index contributed by atoms with van der Waals surface area (Å²) in [7, 11) is 4.59. The number of H-pyrrole nitrogens is 1. The Morgan fingerprint density at radius 2 is 1.84 bits per heavy atom. The number of rotatable bonds is 12. The lowest BCUT2D eigenvalue weighted by Gasteiger charge is -2.19. The predicted molar refractivity (Wildman–Crippen MR) is 150 cm³/mol. The minimum Gasteiger partial charge on any atom is -0.506 e. The van der Waals surface area contributed by atoms with Gasteiger partial charge in [-0.15, -0.1) is 19.3 Å². The van der Waals surface area contributed by atoms with E-state index in [0.29, 0.717) is 47.6 Å². The van der Waals surface area contributed by atoms with Gasteiger partial charge in [0.05, 0.1) is 32.0 Å². The molecule has 0 radical (unpaired) electrons. The van der Waals surface area contributed by atoms with E-state index in [1.807, 2.05) is 0 Å². The van der Waals surface area contributed by atoms with Crippen LogP contribution in [0.4, 0.5) is 0 Å². The van der Waals surface area contributed by atoms with Gasteiger partial charge in [0.15, 0.2) is 0 Å². The van der Waals surface area contributed by atoms with Gasteiger partial charge in [-0.2, -0.15) is 0 Å². The summed E-state index contributed by atoms with van der Waals surface area (Å²) in [6.07, 6.45) is 21.5. The number of unbranched alkanes of at least 4 members (excludes halogenated alkanes) is 2. The lowest BCUT2D eigenvalue weighted by atomic mass is 9.95. The number of aliphatic imine (C=N–C) groups is 2. The van der Waals surface area contributed by atoms with Crippen molar-refractivity contribution in [1.29, 1.82) is 0 Å². The Labute approximate surface area is 219 Å². The molecule has 8 nitrogen and oxygen atoms in total. The highest BCUT2D eigenvalue weighted by Crippen LogP contribution is 2.44. The van der Waals surface area contributed by atoms with Crippen molar-refractivity contribution in [2.45, 2.75) is 39.0 Å². The number of benzene rings is 1. The van der Waals surface area contributed by atoms with Gasteiger partial charge >= 0.3 is 0 Å². The van der Waals surface area contributed by atoms with Crippen LogP contribution in [0.15, 0.2) is 45.3 Å². The van der Waals surface area contributed by atoms with Crippen molar-refractivity contribution in [1.82, 2.24) is 4.98 Å². The van der Waals surface area contributed by atoms with E-state index in [1.54, 1.807) is 38.6 Å². The van der Waals surface area contributed by atoms with Crippen molar-refractivity contribution in [3.8, 4) is 53.6 Å². The van der Waals surface area contributed by atoms with Crippen molar-refractivity contribution in [3.05, 3.63) is 52.1 Å². The quantitative estimate of drug-likeness (QED) is 0.187. The number of allylic oxidation sites excluding steroid dienone is 1. The standard InChI is InChI=1S/C27H33N3O5.C2H2/c1-6-8-13-19-22(23-20(33-4)14-12-15-21(23)34-5)25(31)24(26(32)30-19)27(28-3)35-18-11-10-17-29-16-9-7-2;1-2/h2,9,12,14-17H,6,8,10-11,13,18H2,1,3-5H3,(H2,30,31,32);1-2H/b16-9-,28-27?,29-17?;. The largest absolute Gasteiger partial charge is 0.506 e. The lowest BCUT2D eigenvalue weighted by Crippen LogP contribution is -2.23. The van der Waals surface area contributed by atoms with Gasteiger partial charge in [-0.3, -0.25) is 14.8 Å². The van der Waals surface area contributed by atoms with Gasteiger partial charge in [-0.05, 0) is 37.8 Å². The van der Waals surface area contributed by atoms with Gasteiger partial charge in [0, 0.05) is 31.2 Å². The third-order valence-electron chi connectivity index (χ3n) is 5.22. The smallest absolute Gasteiger partial charge is 0.264 e. The number of ether oxygens (including phenoxy) is 3. The molecule has 0 fully saturated rings. The molecule has 0 saturated heterocycles. The number of hydrogen-bond donors (Lipinski definition) is 2. The van der Waals surface area contributed by atoms with Crippen LogP contribution in [0.25, 0.3) is 11.1 Å². The molecular weight excluding hydrogens is 470 g/mol. The van der Waals surface area contributed by atoms with Crippen LogP contribution >= 0.6 is 0 Å². The summed E-state index contributed by atoms with van der Waals surface area (Å²) < 4.78 is 16.9. The summed E-state index contributed by atoms with van der Waals surface area (Å²) in [5.74, 6) is 3.18. The Morgan fingerprint density at radius 1 is 1.16 bits per heavy atom.